The van der Waals surface area contributed by atoms with Crippen LogP contribution in [0.2, 0.25) is 0 Å². The maximum Gasteiger partial charge on any atom is 0.405 e. The molecule has 0 spiro atoms. The minimum atomic E-state index is -0.717. The number of primary amides is 1. The van der Waals surface area contributed by atoms with E-state index in [1.807, 2.05) is 13.8 Å². The van der Waals surface area contributed by atoms with Crippen molar-refractivity contribution >= 4 is 17.7 Å². The number of hydrogen-bond donors (Lipinski definition) is 1. The van der Waals surface area contributed by atoms with Gasteiger partial charge in [-0.25, -0.2) is 4.79 Å². The van der Waals surface area contributed by atoms with E-state index in [4.69, 9.17) is 22.1 Å². The van der Waals surface area contributed by atoms with E-state index in [2.05, 4.69) is 0 Å². The van der Waals surface area contributed by atoms with Crippen LogP contribution < -0.4 is 5.73 Å². The smallest absolute Gasteiger partial charge is 0.405 e. The molecular weight excluding hydrogens is 178 g/mol. The molecule has 2 N–H and O–H groups in total. The molecule has 0 saturated carbocycles. The predicted molar refractivity (Wildman–Crippen MR) is 49.3 cm³/mol. The Morgan fingerprint density at radius 2 is 2.08 bits per heavy atom. The fourth-order valence-corrected chi connectivity index (χ4v) is 1.16. The molecule has 0 rings (SSSR count). The molecule has 0 saturated heterocycles. The zero-order valence-electron chi connectivity index (χ0n) is 7.60. The molecule has 0 aliphatic heterocycles. The number of nitrogens with two attached hydrogens (primary N) is 1. The SMILES string of the molecule is CC(C)(CCCCCl)OC(N)=O. The molecule has 0 unspecified atom stereocenters. The molecule has 0 radical (unpaired) electrons. The average molecular weight is 194 g/mol. The number of amides is 1. The molecule has 0 aliphatic carbocycles. The molecule has 12 heavy (non-hydrogen) atoms. The van der Waals surface area contributed by atoms with Crippen molar-refractivity contribution in [2.75, 3.05) is 5.88 Å². The van der Waals surface area contributed by atoms with Crippen LogP contribution in [-0.2, 0) is 4.74 Å². The fraction of sp³-hybridized carbons (Fsp3) is 0.875. The number of halogens is 1. The normalized spacial score (nSPS) is 11.2. The van der Waals surface area contributed by atoms with Gasteiger partial charge >= 0.3 is 6.09 Å². The van der Waals surface area contributed by atoms with Gasteiger partial charge in [-0.2, -0.15) is 0 Å². The van der Waals surface area contributed by atoms with Crippen LogP contribution in [0.4, 0.5) is 4.79 Å². The molecule has 0 aromatic rings. The van der Waals surface area contributed by atoms with E-state index < -0.39 is 11.7 Å². The van der Waals surface area contributed by atoms with E-state index in [0.717, 1.165) is 19.3 Å². The average Bonchev–Trinajstić information content (AvgIpc) is 1.84. The topological polar surface area (TPSA) is 52.3 Å². The van der Waals surface area contributed by atoms with Crippen LogP contribution in [0.3, 0.4) is 0 Å². The Balaban J connectivity index is 3.63. The van der Waals surface area contributed by atoms with Gasteiger partial charge in [0.25, 0.3) is 0 Å². The summed E-state index contributed by atoms with van der Waals surface area (Å²) in [7, 11) is 0. The maximum atomic E-state index is 10.4. The Bertz CT molecular complexity index is 148. The Hall–Kier alpha value is -0.440. The van der Waals surface area contributed by atoms with Crippen LogP contribution in [0, 0.1) is 0 Å². The first kappa shape index (κ1) is 11.6. The highest BCUT2D eigenvalue weighted by Crippen LogP contribution is 2.17. The lowest BCUT2D eigenvalue weighted by atomic mass is 10.0. The van der Waals surface area contributed by atoms with Gasteiger partial charge in [-0.05, 0) is 33.1 Å². The molecule has 0 bridgehead atoms. The molecule has 0 aromatic heterocycles. The largest absolute Gasteiger partial charge is 0.444 e. The highest BCUT2D eigenvalue weighted by atomic mass is 35.5. The first-order valence-electron chi connectivity index (χ1n) is 4.02. The van der Waals surface area contributed by atoms with Gasteiger partial charge in [0.15, 0.2) is 0 Å². The molecule has 0 heterocycles. The molecule has 4 heteroatoms. The van der Waals surface area contributed by atoms with Crippen molar-refractivity contribution < 1.29 is 9.53 Å². The highest BCUT2D eigenvalue weighted by Gasteiger charge is 2.20. The van der Waals surface area contributed by atoms with E-state index in [9.17, 15) is 4.79 Å². The van der Waals surface area contributed by atoms with Gasteiger partial charge in [-0.15, -0.1) is 11.6 Å². The van der Waals surface area contributed by atoms with Crippen molar-refractivity contribution in [3.8, 4) is 0 Å². The number of unbranched alkanes of at least 4 members (excludes halogenated alkanes) is 1. The number of rotatable bonds is 5. The van der Waals surface area contributed by atoms with Gasteiger partial charge in [-0.1, -0.05) is 0 Å². The van der Waals surface area contributed by atoms with Crippen LogP contribution in [0.5, 0.6) is 0 Å². The number of hydrogen-bond acceptors (Lipinski definition) is 2. The van der Waals surface area contributed by atoms with E-state index >= 15 is 0 Å². The summed E-state index contributed by atoms with van der Waals surface area (Å²) in [4.78, 5) is 10.4. The monoisotopic (exact) mass is 193 g/mol. The molecule has 0 aliphatic rings. The summed E-state index contributed by atoms with van der Waals surface area (Å²) in [5.41, 5.74) is 4.44. The van der Waals surface area contributed by atoms with Crippen molar-refractivity contribution in [1.82, 2.24) is 0 Å². The molecule has 0 atom stereocenters. The quantitative estimate of drug-likeness (QED) is 0.538. The van der Waals surface area contributed by atoms with Crippen LogP contribution >= 0.6 is 11.6 Å². The summed E-state index contributed by atoms with van der Waals surface area (Å²) in [5, 5.41) is 0. The Morgan fingerprint density at radius 1 is 1.50 bits per heavy atom. The third-order valence-electron chi connectivity index (χ3n) is 1.54. The van der Waals surface area contributed by atoms with Gasteiger partial charge in [0.05, 0.1) is 0 Å². The van der Waals surface area contributed by atoms with Crippen LogP contribution in [0.15, 0.2) is 0 Å². The molecule has 0 fully saturated rings. The van der Waals surface area contributed by atoms with Crippen molar-refractivity contribution in [2.45, 2.75) is 38.7 Å². The molecule has 1 amide bonds. The van der Waals surface area contributed by atoms with Gasteiger partial charge in [-0.3, -0.25) is 0 Å². The molecule has 0 aromatic carbocycles. The van der Waals surface area contributed by atoms with E-state index in [0.29, 0.717) is 5.88 Å². The zero-order valence-corrected chi connectivity index (χ0v) is 8.36. The first-order valence-corrected chi connectivity index (χ1v) is 4.56. The fourth-order valence-electron chi connectivity index (χ4n) is 0.969. The lowest BCUT2D eigenvalue weighted by molar-refractivity contribution is 0.0376. The number of alkyl halides is 1. The van der Waals surface area contributed by atoms with Crippen molar-refractivity contribution in [2.24, 2.45) is 5.73 Å². The highest BCUT2D eigenvalue weighted by molar-refractivity contribution is 6.17. The van der Waals surface area contributed by atoms with Gasteiger partial charge in [0.1, 0.15) is 5.60 Å². The number of ether oxygens (including phenoxy) is 1. The van der Waals surface area contributed by atoms with Gasteiger partial charge < -0.3 is 10.5 Å². The second-order valence-corrected chi connectivity index (χ2v) is 3.70. The van der Waals surface area contributed by atoms with Crippen molar-refractivity contribution in [1.29, 1.82) is 0 Å². The van der Waals surface area contributed by atoms with E-state index in [1.165, 1.54) is 0 Å². The Morgan fingerprint density at radius 3 is 2.50 bits per heavy atom. The zero-order chi connectivity index (χ0) is 9.61. The Kier molecular flexibility index (Phi) is 5.06. The molecular formula is C8H16ClNO2. The standard InChI is InChI=1S/C8H16ClNO2/c1-8(2,12-7(10)11)5-3-4-6-9/h3-6H2,1-2H3,(H2,10,11). The molecule has 3 nitrogen and oxygen atoms in total. The van der Waals surface area contributed by atoms with Crippen molar-refractivity contribution in [3.63, 3.8) is 0 Å². The predicted octanol–water partition coefficient (Wildman–Crippen LogP) is 2.27. The molecule has 72 valence electrons. The second-order valence-electron chi connectivity index (χ2n) is 3.33. The van der Waals surface area contributed by atoms with E-state index in [-0.39, 0.29) is 0 Å². The number of carbonyl (C=O) groups is 1. The van der Waals surface area contributed by atoms with E-state index in [1.54, 1.807) is 0 Å². The van der Waals surface area contributed by atoms with Crippen LogP contribution in [0.25, 0.3) is 0 Å². The Labute approximate surface area is 78.2 Å². The summed E-state index contributed by atoms with van der Waals surface area (Å²) in [6.45, 7) is 3.68. The van der Waals surface area contributed by atoms with Gasteiger partial charge in [0, 0.05) is 5.88 Å². The summed E-state index contributed by atoms with van der Waals surface area (Å²) in [5.74, 6) is 0.645. The van der Waals surface area contributed by atoms with Crippen LogP contribution in [-0.4, -0.2) is 17.6 Å². The van der Waals surface area contributed by atoms with Crippen LogP contribution in [0.1, 0.15) is 33.1 Å². The van der Waals surface area contributed by atoms with Gasteiger partial charge in [0.2, 0.25) is 0 Å². The third kappa shape index (κ3) is 6.28. The van der Waals surface area contributed by atoms with Crippen molar-refractivity contribution in [3.05, 3.63) is 0 Å². The summed E-state index contributed by atoms with van der Waals surface area (Å²) in [6.07, 6.45) is 1.96. The number of carbonyl (C=O) groups excluding carboxylic acids is 1. The summed E-state index contributed by atoms with van der Waals surface area (Å²) < 4.78 is 4.88. The lowest BCUT2D eigenvalue weighted by Gasteiger charge is -2.23. The first-order chi connectivity index (χ1) is 5.48. The second kappa shape index (κ2) is 5.25. The summed E-state index contributed by atoms with van der Waals surface area (Å²) >= 11 is 5.50. The minimum absolute atomic E-state index is 0.460. The summed E-state index contributed by atoms with van der Waals surface area (Å²) in [6, 6.07) is 0. The lowest BCUT2D eigenvalue weighted by Crippen LogP contribution is -2.30. The minimum Gasteiger partial charge on any atom is -0.444 e. The third-order valence-corrected chi connectivity index (χ3v) is 1.81. The maximum absolute atomic E-state index is 10.4.